The van der Waals surface area contributed by atoms with Crippen LogP contribution in [0.5, 0.6) is 0 Å². The van der Waals surface area contributed by atoms with Crippen molar-refractivity contribution in [3.63, 3.8) is 0 Å². The van der Waals surface area contributed by atoms with E-state index in [0.717, 1.165) is 31.4 Å². The first-order chi connectivity index (χ1) is 9.29. The van der Waals surface area contributed by atoms with Crippen molar-refractivity contribution in [1.29, 1.82) is 0 Å². The van der Waals surface area contributed by atoms with E-state index < -0.39 is 0 Å². The van der Waals surface area contributed by atoms with E-state index in [2.05, 4.69) is 16.8 Å². The molecule has 0 bridgehead atoms. The number of hydrogen-bond acceptors (Lipinski definition) is 5. The van der Waals surface area contributed by atoms with E-state index in [9.17, 15) is 0 Å². The SMILES string of the molecule is CCCCCOC[C@H]1CCCN(c2nc(N)cs2)C1. The van der Waals surface area contributed by atoms with Gasteiger partial charge in [-0.25, -0.2) is 4.98 Å². The fourth-order valence-electron chi connectivity index (χ4n) is 2.50. The molecular weight excluding hydrogens is 258 g/mol. The first kappa shape index (κ1) is 14.6. The van der Waals surface area contributed by atoms with Crippen LogP contribution in [-0.4, -0.2) is 31.3 Å². The molecule has 108 valence electrons. The first-order valence-corrected chi connectivity index (χ1v) is 8.21. The summed E-state index contributed by atoms with van der Waals surface area (Å²) in [5, 5.41) is 2.98. The maximum Gasteiger partial charge on any atom is 0.187 e. The Bertz CT molecular complexity index is 369. The predicted octanol–water partition coefficient (Wildman–Crippen LogP) is 3.15. The van der Waals surface area contributed by atoms with Gasteiger partial charge in [0.1, 0.15) is 5.82 Å². The van der Waals surface area contributed by atoms with Crippen LogP contribution >= 0.6 is 11.3 Å². The molecule has 19 heavy (non-hydrogen) atoms. The number of aromatic nitrogens is 1. The smallest absolute Gasteiger partial charge is 0.187 e. The maximum absolute atomic E-state index is 5.80. The van der Waals surface area contributed by atoms with Gasteiger partial charge in [0.2, 0.25) is 0 Å². The standard InChI is InChI=1S/C14H25N3OS/c1-2-3-4-8-18-10-12-6-5-7-17(9-12)14-16-13(15)11-19-14/h11-12H,2-10,15H2,1H3/t12-/m0/s1. The zero-order chi connectivity index (χ0) is 13.5. The average molecular weight is 283 g/mol. The van der Waals surface area contributed by atoms with Crippen LogP contribution < -0.4 is 10.6 Å². The molecule has 0 spiro atoms. The summed E-state index contributed by atoms with van der Waals surface area (Å²) in [5.41, 5.74) is 5.69. The van der Waals surface area contributed by atoms with Gasteiger partial charge in [-0.15, -0.1) is 11.3 Å². The van der Waals surface area contributed by atoms with Crippen LogP contribution in [0.15, 0.2) is 5.38 Å². The minimum Gasteiger partial charge on any atom is -0.383 e. The molecule has 2 rings (SSSR count). The van der Waals surface area contributed by atoms with Gasteiger partial charge in [0.05, 0.1) is 6.61 Å². The van der Waals surface area contributed by atoms with E-state index in [1.165, 1.54) is 32.1 Å². The van der Waals surface area contributed by atoms with Crippen molar-refractivity contribution in [2.45, 2.75) is 39.0 Å². The summed E-state index contributed by atoms with van der Waals surface area (Å²) >= 11 is 1.64. The molecule has 1 aromatic rings. The van der Waals surface area contributed by atoms with Crippen LogP contribution in [0, 0.1) is 5.92 Å². The third kappa shape index (κ3) is 4.66. The molecule has 0 aromatic carbocycles. The van der Waals surface area contributed by atoms with Crippen molar-refractivity contribution >= 4 is 22.3 Å². The highest BCUT2D eigenvalue weighted by molar-refractivity contribution is 7.14. The van der Waals surface area contributed by atoms with E-state index in [-0.39, 0.29) is 0 Å². The number of nitrogen functional groups attached to an aromatic ring is 1. The summed E-state index contributed by atoms with van der Waals surface area (Å²) in [6, 6.07) is 0. The lowest BCUT2D eigenvalue weighted by atomic mass is 9.99. The molecule has 1 aliphatic heterocycles. The maximum atomic E-state index is 5.80. The Balaban J connectivity index is 1.71. The van der Waals surface area contributed by atoms with E-state index in [0.29, 0.717) is 11.7 Å². The third-order valence-corrected chi connectivity index (χ3v) is 4.46. The van der Waals surface area contributed by atoms with Gasteiger partial charge < -0.3 is 15.4 Å². The van der Waals surface area contributed by atoms with Crippen LogP contribution in [0.3, 0.4) is 0 Å². The van der Waals surface area contributed by atoms with Gasteiger partial charge >= 0.3 is 0 Å². The monoisotopic (exact) mass is 283 g/mol. The Morgan fingerprint density at radius 1 is 1.53 bits per heavy atom. The lowest BCUT2D eigenvalue weighted by Crippen LogP contribution is -2.37. The normalized spacial score (nSPS) is 19.8. The highest BCUT2D eigenvalue weighted by atomic mass is 32.1. The van der Waals surface area contributed by atoms with Crippen LogP contribution in [0.4, 0.5) is 10.9 Å². The Morgan fingerprint density at radius 3 is 3.16 bits per heavy atom. The molecule has 0 saturated carbocycles. The van der Waals surface area contributed by atoms with Gasteiger partial charge in [-0.05, 0) is 25.2 Å². The van der Waals surface area contributed by atoms with Crippen molar-refractivity contribution in [3.05, 3.63) is 5.38 Å². The number of nitrogens with zero attached hydrogens (tertiary/aromatic N) is 2. The molecule has 4 nitrogen and oxygen atoms in total. The van der Waals surface area contributed by atoms with Gasteiger partial charge in [-0.2, -0.15) is 0 Å². The van der Waals surface area contributed by atoms with Crippen LogP contribution in [0.2, 0.25) is 0 Å². The topological polar surface area (TPSA) is 51.4 Å². The second kappa shape index (κ2) is 7.70. The van der Waals surface area contributed by atoms with E-state index in [1.54, 1.807) is 11.3 Å². The molecule has 1 saturated heterocycles. The Labute approximate surface area is 120 Å². The molecule has 1 aromatic heterocycles. The van der Waals surface area contributed by atoms with Crippen molar-refractivity contribution < 1.29 is 4.74 Å². The summed E-state index contributed by atoms with van der Waals surface area (Å²) in [7, 11) is 0. The Kier molecular flexibility index (Phi) is 5.92. The average Bonchev–Trinajstić information content (AvgIpc) is 2.86. The van der Waals surface area contributed by atoms with Crippen LogP contribution in [-0.2, 0) is 4.74 Å². The van der Waals surface area contributed by atoms with Crippen LogP contribution in [0.25, 0.3) is 0 Å². The number of unbranched alkanes of at least 4 members (excludes halogenated alkanes) is 2. The highest BCUT2D eigenvalue weighted by Gasteiger charge is 2.21. The van der Waals surface area contributed by atoms with Gasteiger partial charge in [-0.1, -0.05) is 19.8 Å². The van der Waals surface area contributed by atoms with Gasteiger partial charge in [0, 0.05) is 25.1 Å². The zero-order valence-corrected chi connectivity index (χ0v) is 12.6. The lowest BCUT2D eigenvalue weighted by molar-refractivity contribution is 0.0907. The van der Waals surface area contributed by atoms with Gasteiger partial charge in [0.15, 0.2) is 5.13 Å². The van der Waals surface area contributed by atoms with E-state index in [1.807, 2.05) is 5.38 Å². The number of hydrogen-bond donors (Lipinski definition) is 1. The molecule has 0 amide bonds. The second-order valence-electron chi connectivity index (χ2n) is 5.29. The molecular formula is C14H25N3OS. The lowest BCUT2D eigenvalue weighted by Gasteiger charge is -2.32. The zero-order valence-electron chi connectivity index (χ0n) is 11.8. The summed E-state index contributed by atoms with van der Waals surface area (Å²) in [6.07, 6.45) is 6.21. The molecule has 0 aliphatic carbocycles. The Hall–Kier alpha value is -0.810. The molecule has 1 aliphatic rings. The van der Waals surface area contributed by atoms with E-state index in [4.69, 9.17) is 10.5 Å². The minimum atomic E-state index is 0.637. The van der Waals surface area contributed by atoms with Gasteiger partial charge in [0.25, 0.3) is 0 Å². The molecule has 0 unspecified atom stereocenters. The van der Waals surface area contributed by atoms with Crippen molar-refractivity contribution in [2.24, 2.45) is 5.92 Å². The summed E-state index contributed by atoms with van der Waals surface area (Å²) in [5.74, 6) is 1.28. The predicted molar refractivity (Wildman–Crippen MR) is 81.8 cm³/mol. The van der Waals surface area contributed by atoms with Crippen LogP contribution in [0.1, 0.15) is 39.0 Å². The van der Waals surface area contributed by atoms with Crippen molar-refractivity contribution in [2.75, 3.05) is 36.9 Å². The molecule has 1 atom stereocenters. The van der Waals surface area contributed by atoms with E-state index >= 15 is 0 Å². The highest BCUT2D eigenvalue weighted by Crippen LogP contribution is 2.27. The molecule has 2 N–H and O–H groups in total. The molecule has 2 heterocycles. The summed E-state index contributed by atoms with van der Waals surface area (Å²) in [4.78, 5) is 6.72. The second-order valence-corrected chi connectivity index (χ2v) is 6.13. The number of anilines is 2. The number of piperidine rings is 1. The number of thiazole rings is 1. The summed E-state index contributed by atoms with van der Waals surface area (Å²) in [6.45, 7) is 6.17. The minimum absolute atomic E-state index is 0.637. The third-order valence-electron chi connectivity index (χ3n) is 3.55. The first-order valence-electron chi connectivity index (χ1n) is 7.33. The van der Waals surface area contributed by atoms with Crippen molar-refractivity contribution in [1.82, 2.24) is 4.98 Å². The van der Waals surface area contributed by atoms with Gasteiger partial charge in [-0.3, -0.25) is 0 Å². The molecule has 0 radical (unpaired) electrons. The number of nitrogens with two attached hydrogens (primary N) is 1. The largest absolute Gasteiger partial charge is 0.383 e. The quantitative estimate of drug-likeness (QED) is 0.781. The molecule has 1 fully saturated rings. The fraction of sp³-hybridized carbons (Fsp3) is 0.786. The summed E-state index contributed by atoms with van der Waals surface area (Å²) < 4.78 is 5.80. The molecule has 5 heteroatoms. The van der Waals surface area contributed by atoms with Crippen molar-refractivity contribution in [3.8, 4) is 0 Å². The fourth-order valence-corrected chi connectivity index (χ4v) is 3.25. The number of ether oxygens (including phenoxy) is 1. The number of rotatable bonds is 7. The Morgan fingerprint density at radius 2 is 2.42 bits per heavy atom.